The molecule has 0 bridgehead atoms. The van der Waals surface area contributed by atoms with Crippen molar-refractivity contribution in [2.45, 2.75) is 23.6 Å². The minimum atomic E-state index is -1.20. The summed E-state index contributed by atoms with van der Waals surface area (Å²) < 4.78 is -1.20. The maximum atomic E-state index is 5.84. The maximum Gasteiger partial charge on any atom is 0.190 e. The van der Waals surface area contributed by atoms with E-state index in [1.54, 1.807) is 0 Å². The molecule has 0 aliphatic rings. The van der Waals surface area contributed by atoms with Crippen LogP contribution in [0.4, 0.5) is 0 Å². The lowest BCUT2D eigenvalue weighted by molar-refractivity contribution is 0.853. The van der Waals surface area contributed by atoms with Gasteiger partial charge in [0, 0.05) is 0 Å². The highest BCUT2D eigenvalue weighted by Gasteiger charge is 2.20. The maximum absolute atomic E-state index is 5.84. The van der Waals surface area contributed by atoms with Gasteiger partial charge in [-0.15, -0.1) is 0 Å². The van der Waals surface area contributed by atoms with E-state index in [0.29, 0.717) is 6.42 Å². The van der Waals surface area contributed by atoms with Crippen LogP contribution in [-0.2, 0) is 6.42 Å². The largest absolute Gasteiger partial charge is 0.190 e. The van der Waals surface area contributed by atoms with Gasteiger partial charge in [0.25, 0.3) is 0 Å². The fraction of sp³-hybridized carbons (Fsp3) is 0.250. The molecule has 0 saturated carbocycles. The van der Waals surface area contributed by atoms with Crippen LogP contribution in [0.2, 0.25) is 0 Å². The van der Waals surface area contributed by atoms with Gasteiger partial charge in [-0.3, -0.25) is 0 Å². The molecule has 0 N–H and O–H groups in total. The molecule has 0 heterocycles. The Balaban J connectivity index is 2.34. The van der Waals surface area contributed by atoms with Gasteiger partial charge in [-0.05, 0) is 42.0 Å². The van der Waals surface area contributed by atoms with Crippen LogP contribution in [0.3, 0.4) is 0 Å². The quantitative estimate of drug-likeness (QED) is 0.613. The normalized spacial score (nSPS) is 11.6. The lowest BCUT2D eigenvalue weighted by Crippen LogP contribution is -2.04. The number of hydrogen-bond acceptors (Lipinski definition) is 0. The third-order valence-corrected chi connectivity index (χ3v) is 3.70. The van der Waals surface area contributed by atoms with Crippen molar-refractivity contribution in [1.29, 1.82) is 0 Å². The summed E-state index contributed by atoms with van der Waals surface area (Å²) >= 11 is 17.5. The molecule has 0 atom stereocenters. The summed E-state index contributed by atoms with van der Waals surface area (Å²) in [5.41, 5.74) is 4.92. The van der Waals surface area contributed by atoms with Gasteiger partial charge < -0.3 is 0 Å². The summed E-state index contributed by atoms with van der Waals surface area (Å²) in [4.78, 5) is 0. The molecule has 19 heavy (non-hydrogen) atoms. The molecule has 0 spiro atoms. The van der Waals surface area contributed by atoms with E-state index in [0.717, 1.165) is 6.42 Å². The van der Waals surface area contributed by atoms with Crippen molar-refractivity contribution >= 4 is 34.8 Å². The predicted molar refractivity (Wildman–Crippen MR) is 85.2 cm³/mol. The third-order valence-electron chi connectivity index (χ3n) is 3.13. The zero-order chi connectivity index (χ0) is 13.9. The van der Waals surface area contributed by atoms with Gasteiger partial charge in [0.05, 0.1) is 0 Å². The van der Waals surface area contributed by atoms with Gasteiger partial charge in [-0.25, -0.2) is 0 Å². The van der Waals surface area contributed by atoms with Crippen LogP contribution < -0.4 is 0 Å². The lowest BCUT2D eigenvalue weighted by atomic mass is 9.94. The molecule has 0 saturated heterocycles. The molecule has 0 radical (unpaired) electrons. The average molecular weight is 314 g/mol. The Labute approximate surface area is 129 Å². The molecule has 100 valence electrons. The number of rotatable bonds is 3. The molecule has 0 unspecified atom stereocenters. The lowest BCUT2D eigenvalue weighted by Gasteiger charge is -2.14. The second-order valence-electron chi connectivity index (χ2n) is 4.59. The van der Waals surface area contributed by atoms with Crippen molar-refractivity contribution in [3.05, 3.63) is 59.7 Å². The van der Waals surface area contributed by atoms with Crippen LogP contribution >= 0.6 is 34.8 Å². The summed E-state index contributed by atoms with van der Waals surface area (Å²) in [6.07, 6.45) is 1.27. The Morgan fingerprint density at radius 1 is 0.842 bits per heavy atom. The highest BCUT2D eigenvalue weighted by molar-refractivity contribution is 6.67. The molecule has 0 aliphatic heterocycles. The summed E-state index contributed by atoms with van der Waals surface area (Å²) in [6, 6.07) is 16.6. The van der Waals surface area contributed by atoms with E-state index in [1.165, 1.54) is 22.3 Å². The highest BCUT2D eigenvalue weighted by atomic mass is 35.6. The highest BCUT2D eigenvalue weighted by Crippen LogP contribution is 2.34. The molecular formula is C16H15Cl3. The minimum absolute atomic E-state index is 0.514. The number of aryl methyl sites for hydroxylation is 2. The Bertz CT molecular complexity index is 556. The summed E-state index contributed by atoms with van der Waals surface area (Å²) in [6.45, 7) is 2.11. The SMILES string of the molecule is Cc1ccccc1-c1ccccc1CCC(Cl)(Cl)Cl. The first-order valence-electron chi connectivity index (χ1n) is 6.18. The van der Waals surface area contributed by atoms with Crippen molar-refractivity contribution < 1.29 is 0 Å². The van der Waals surface area contributed by atoms with E-state index >= 15 is 0 Å². The van der Waals surface area contributed by atoms with Gasteiger partial charge in [-0.2, -0.15) is 0 Å². The van der Waals surface area contributed by atoms with E-state index in [4.69, 9.17) is 34.8 Å². The van der Waals surface area contributed by atoms with Gasteiger partial charge in [0.2, 0.25) is 0 Å². The summed E-state index contributed by atoms with van der Waals surface area (Å²) in [7, 11) is 0. The third kappa shape index (κ3) is 4.14. The fourth-order valence-electron chi connectivity index (χ4n) is 2.15. The van der Waals surface area contributed by atoms with Crippen molar-refractivity contribution in [2.75, 3.05) is 0 Å². The molecule has 0 fully saturated rings. The van der Waals surface area contributed by atoms with E-state index < -0.39 is 3.79 Å². The number of hydrogen-bond donors (Lipinski definition) is 0. The number of benzene rings is 2. The predicted octanol–water partition coefficient (Wildman–Crippen LogP) is 5.96. The number of halogens is 3. The van der Waals surface area contributed by atoms with E-state index in [1.807, 2.05) is 24.3 Å². The molecule has 0 aliphatic carbocycles. The Kier molecular flexibility index (Phi) is 4.78. The van der Waals surface area contributed by atoms with Gasteiger partial charge >= 0.3 is 0 Å². The Hall–Kier alpha value is -0.690. The van der Waals surface area contributed by atoms with Crippen LogP contribution in [0.1, 0.15) is 17.5 Å². The monoisotopic (exact) mass is 312 g/mol. The van der Waals surface area contributed by atoms with Crippen molar-refractivity contribution in [3.8, 4) is 11.1 Å². The molecule has 2 aromatic rings. The average Bonchev–Trinajstić information content (AvgIpc) is 2.37. The molecule has 0 nitrogen and oxygen atoms in total. The minimum Gasteiger partial charge on any atom is -0.0837 e. The van der Waals surface area contributed by atoms with Crippen molar-refractivity contribution in [1.82, 2.24) is 0 Å². The van der Waals surface area contributed by atoms with E-state index in [9.17, 15) is 0 Å². The Morgan fingerprint density at radius 2 is 1.42 bits per heavy atom. The van der Waals surface area contributed by atoms with Crippen LogP contribution in [0.25, 0.3) is 11.1 Å². The molecular weight excluding hydrogens is 299 g/mol. The van der Waals surface area contributed by atoms with Gasteiger partial charge in [0.15, 0.2) is 3.79 Å². The van der Waals surface area contributed by atoms with Crippen molar-refractivity contribution in [2.24, 2.45) is 0 Å². The zero-order valence-electron chi connectivity index (χ0n) is 10.7. The molecule has 2 aromatic carbocycles. The first-order valence-corrected chi connectivity index (χ1v) is 7.31. The van der Waals surface area contributed by atoms with E-state index in [2.05, 4.69) is 31.2 Å². The van der Waals surface area contributed by atoms with E-state index in [-0.39, 0.29) is 0 Å². The fourth-order valence-corrected chi connectivity index (χ4v) is 2.44. The molecule has 0 aromatic heterocycles. The standard InChI is InChI=1S/C16H15Cl3/c1-12-6-2-4-8-14(12)15-9-5-3-7-13(15)10-11-16(17,18)19/h2-9H,10-11H2,1H3. The number of alkyl halides is 3. The first-order chi connectivity index (χ1) is 8.97. The Morgan fingerprint density at radius 3 is 2.05 bits per heavy atom. The van der Waals surface area contributed by atoms with Crippen LogP contribution in [0.5, 0.6) is 0 Å². The van der Waals surface area contributed by atoms with Crippen molar-refractivity contribution in [3.63, 3.8) is 0 Å². The smallest absolute Gasteiger partial charge is 0.0837 e. The van der Waals surface area contributed by atoms with Gasteiger partial charge in [0.1, 0.15) is 0 Å². The molecule has 2 rings (SSSR count). The first kappa shape index (κ1) is 14.7. The van der Waals surface area contributed by atoms with Gasteiger partial charge in [-0.1, -0.05) is 83.3 Å². The van der Waals surface area contributed by atoms with Crippen LogP contribution in [-0.4, -0.2) is 3.79 Å². The second kappa shape index (κ2) is 6.17. The zero-order valence-corrected chi connectivity index (χ0v) is 12.9. The molecule has 3 heteroatoms. The van der Waals surface area contributed by atoms with Crippen LogP contribution in [0, 0.1) is 6.92 Å². The topological polar surface area (TPSA) is 0 Å². The molecule has 0 amide bonds. The van der Waals surface area contributed by atoms with Crippen LogP contribution in [0.15, 0.2) is 48.5 Å². The summed E-state index contributed by atoms with van der Waals surface area (Å²) in [5.74, 6) is 0. The summed E-state index contributed by atoms with van der Waals surface area (Å²) in [5, 5.41) is 0. The second-order valence-corrected chi connectivity index (χ2v) is 7.10.